The van der Waals surface area contributed by atoms with E-state index in [1.165, 1.54) is 0 Å². The smallest absolute Gasteiger partial charge is 0.225 e. The van der Waals surface area contributed by atoms with E-state index in [-0.39, 0.29) is 17.9 Å². The Morgan fingerprint density at radius 3 is 2.75 bits per heavy atom. The van der Waals surface area contributed by atoms with E-state index in [9.17, 15) is 4.79 Å². The van der Waals surface area contributed by atoms with Crippen LogP contribution in [0.3, 0.4) is 0 Å². The number of hydrogen-bond donors (Lipinski definition) is 2. The van der Waals surface area contributed by atoms with Crippen molar-refractivity contribution in [3.8, 4) is 0 Å². The van der Waals surface area contributed by atoms with E-state index >= 15 is 0 Å². The predicted octanol–water partition coefficient (Wildman–Crippen LogP) is 2.09. The lowest BCUT2D eigenvalue weighted by atomic mass is 10.0. The highest BCUT2D eigenvalue weighted by molar-refractivity contribution is 5.80. The summed E-state index contributed by atoms with van der Waals surface area (Å²) in [4.78, 5) is 12.3. The minimum Gasteiger partial charge on any atom is -0.467 e. The van der Waals surface area contributed by atoms with Gasteiger partial charge in [-0.2, -0.15) is 0 Å². The molecule has 1 aromatic carbocycles. The molecule has 1 amide bonds. The number of benzene rings is 1. The van der Waals surface area contributed by atoms with Gasteiger partial charge in [0.05, 0.1) is 12.2 Å². The van der Waals surface area contributed by atoms with Gasteiger partial charge in [0, 0.05) is 6.54 Å². The average molecular weight is 270 g/mol. The quantitative estimate of drug-likeness (QED) is 0.894. The van der Waals surface area contributed by atoms with Gasteiger partial charge >= 0.3 is 0 Å². The Bertz CT molecular complexity index is 545. The highest BCUT2D eigenvalue weighted by Gasteiger charge is 2.26. The van der Waals surface area contributed by atoms with Crippen molar-refractivity contribution in [2.75, 3.05) is 13.1 Å². The number of nitrogens with one attached hydrogen (secondary N) is 2. The van der Waals surface area contributed by atoms with Gasteiger partial charge in [-0.1, -0.05) is 30.3 Å². The maximum absolute atomic E-state index is 12.3. The zero-order valence-electron chi connectivity index (χ0n) is 11.2. The average Bonchev–Trinajstić information content (AvgIpc) is 3.18. The van der Waals surface area contributed by atoms with Gasteiger partial charge in [0.1, 0.15) is 11.8 Å². The van der Waals surface area contributed by atoms with Crippen LogP contribution in [0.15, 0.2) is 53.1 Å². The highest BCUT2D eigenvalue weighted by Crippen LogP contribution is 2.23. The van der Waals surface area contributed by atoms with E-state index in [2.05, 4.69) is 10.6 Å². The molecule has 2 heterocycles. The van der Waals surface area contributed by atoms with Crippen LogP contribution in [-0.4, -0.2) is 19.0 Å². The number of carbonyl (C=O) groups excluding carboxylic acids is 1. The summed E-state index contributed by atoms with van der Waals surface area (Å²) >= 11 is 0. The molecular formula is C16H18N2O2. The van der Waals surface area contributed by atoms with Gasteiger partial charge in [0.2, 0.25) is 5.91 Å². The third-order valence-corrected chi connectivity index (χ3v) is 3.68. The van der Waals surface area contributed by atoms with E-state index in [1.54, 1.807) is 6.26 Å². The Morgan fingerprint density at radius 1 is 1.25 bits per heavy atom. The molecule has 20 heavy (non-hydrogen) atoms. The molecule has 1 aliphatic heterocycles. The molecule has 4 nitrogen and oxygen atoms in total. The standard InChI is InChI=1S/C16H18N2O2/c19-16(13-8-9-17-11-13)18-15(14-7-4-10-20-14)12-5-2-1-3-6-12/h1-7,10,13,15,17H,8-9,11H2,(H,18,19). The molecule has 0 spiro atoms. The van der Waals surface area contributed by atoms with Crippen LogP contribution >= 0.6 is 0 Å². The Hall–Kier alpha value is -2.07. The largest absolute Gasteiger partial charge is 0.467 e. The molecule has 1 aromatic heterocycles. The van der Waals surface area contributed by atoms with E-state index in [4.69, 9.17) is 4.42 Å². The second kappa shape index (κ2) is 5.92. The van der Waals surface area contributed by atoms with Crippen molar-refractivity contribution in [2.45, 2.75) is 12.5 Å². The number of carbonyl (C=O) groups is 1. The first-order valence-electron chi connectivity index (χ1n) is 6.94. The minimum absolute atomic E-state index is 0.0520. The highest BCUT2D eigenvalue weighted by atomic mass is 16.3. The van der Waals surface area contributed by atoms with Crippen molar-refractivity contribution < 1.29 is 9.21 Å². The molecule has 1 aliphatic rings. The molecular weight excluding hydrogens is 252 g/mol. The summed E-state index contributed by atoms with van der Waals surface area (Å²) in [5.41, 5.74) is 1.03. The molecule has 0 radical (unpaired) electrons. The van der Waals surface area contributed by atoms with Crippen molar-refractivity contribution in [3.05, 3.63) is 60.1 Å². The first-order chi connectivity index (χ1) is 9.84. The Labute approximate surface area is 118 Å². The monoisotopic (exact) mass is 270 g/mol. The molecule has 4 heteroatoms. The molecule has 2 aromatic rings. The van der Waals surface area contributed by atoms with Crippen LogP contribution < -0.4 is 10.6 Å². The molecule has 2 unspecified atom stereocenters. The first kappa shape index (κ1) is 12.9. The van der Waals surface area contributed by atoms with Gasteiger partial charge in [0.25, 0.3) is 0 Å². The third-order valence-electron chi connectivity index (χ3n) is 3.68. The Morgan fingerprint density at radius 2 is 2.10 bits per heavy atom. The second-order valence-corrected chi connectivity index (χ2v) is 5.06. The van der Waals surface area contributed by atoms with Crippen molar-refractivity contribution in [1.29, 1.82) is 0 Å². The predicted molar refractivity (Wildman–Crippen MR) is 76.1 cm³/mol. The summed E-state index contributed by atoms with van der Waals surface area (Å²) in [5, 5.41) is 6.32. The zero-order valence-corrected chi connectivity index (χ0v) is 11.2. The van der Waals surface area contributed by atoms with Gasteiger partial charge in [-0.05, 0) is 30.7 Å². The van der Waals surface area contributed by atoms with Crippen LogP contribution in [0.1, 0.15) is 23.8 Å². The fraction of sp³-hybridized carbons (Fsp3) is 0.312. The van der Waals surface area contributed by atoms with Crippen LogP contribution in [0.5, 0.6) is 0 Å². The van der Waals surface area contributed by atoms with Crippen LogP contribution in [-0.2, 0) is 4.79 Å². The molecule has 3 rings (SSSR count). The Kier molecular flexibility index (Phi) is 3.83. The number of rotatable bonds is 4. The first-order valence-corrected chi connectivity index (χ1v) is 6.94. The Balaban J connectivity index is 1.81. The molecule has 0 saturated carbocycles. The second-order valence-electron chi connectivity index (χ2n) is 5.06. The molecule has 1 saturated heterocycles. The summed E-state index contributed by atoms with van der Waals surface area (Å²) in [7, 11) is 0. The lowest BCUT2D eigenvalue weighted by Gasteiger charge is -2.19. The SMILES string of the molecule is O=C(NC(c1ccccc1)c1ccco1)C1CCNC1. The van der Waals surface area contributed by atoms with E-state index < -0.39 is 0 Å². The zero-order chi connectivity index (χ0) is 13.8. The van der Waals surface area contributed by atoms with E-state index in [0.29, 0.717) is 0 Å². The topological polar surface area (TPSA) is 54.3 Å². The third kappa shape index (κ3) is 2.75. The van der Waals surface area contributed by atoms with Crippen LogP contribution in [0, 0.1) is 5.92 Å². The summed E-state index contributed by atoms with van der Waals surface area (Å²) in [6.45, 7) is 1.67. The lowest BCUT2D eigenvalue weighted by Crippen LogP contribution is -2.35. The fourth-order valence-electron chi connectivity index (χ4n) is 2.56. The van der Waals surface area contributed by atoms with E-state index in [0.717, 1.165) is 30.8 Å². The summed E-state index contributed by atoms with van der Waals surface area (Å²) < 4.78 is 5.48. The maximum Gasteiger partial charge on any atom is 0.225 e. The van der Waals surface area contributed by atoms with Crippen molar-refractivity contribution in [1.82, 2.24) is 10.6 Å². The van der Waals surface area contributed by atoms with Gasteiger partial charge in [0.15, 0.2) is 0 Å². The maximum atomic E-state index is 12.3. The van der Waals surface area contributed by atoms with Gasteiger partial charge in [-0.3, -0.25) is 4.79 Å². The summed E-state index contributed by atoms with van der Waals surface area (Å²) in [6, 6.07) is 13.4. The summed E-state index contributed by atoms with van der Waals surface area (Å²) in [6.07, 6.45) is 2.53. The van der Waals surface area contributed by atoms with Gasteiger partial charge < -0.3 is 15.1 Å². The molecule has 2 N–H and O–H groups in total. The molecule has 0 aliphatic carbocycles. The van der Waals surface area contributed by atoms with Gasteiger partial charge in [-0.25, -0.2) is 0 Å². The minimum atomic E-state index is -0.223. The summed E-state index contributed by atoms with van der Waals surface area (Å²) in [5.74, 6) is 0.895. The van der Waals surface area contributed by atoms with Crippen LogP contribution in [0.25, 0.3) is 0 Å². The van der Waals surface area contributed by atoms with Crippen molar-refractivity contribution in [3.63, 3.8) is 0 Å². The molecule has 104 valence electrons. The molecule has 0 bridgehead atoms. The normalized spacial score (nSPS) is 19.7. The molecule has 2 atom stereocenters. The molecule has 1 fully saturated rings. The fourth-order valence-corrected chi connectivity index (χ4v) is 2.56. The van der Waals surface area contributed by atoms with Crippen molar-refractivity contribution in [2.24, 2.45) is 5.92 Å². The van der Waals surface area contributed by atoms with E-state index in [1.807, 2.05) is 42.5 Å². The van der Waals surface area contributed by atoms with Gasteiger partial charge in [-0.15, -0.1) is 0 Å². The van der Waals surface area contributed by atoms with Crippen molar-refractivity contribution >= 4 is 5.91 Å². The number of hydrogen-bond acceptors (Lipinski definition) is 3. The number of amides is 1. The van der Waals surface area contributed by atoms with Crippen LogP contribution in [0.4, 0.5) is 0 Å². The van der Waals surface area contributed by atoms with Crippen LogP contribution in [0.2, 0.25) is 0 Å². The lowest BCUT2D eigenvalue weighted by molar-refractivity contribution is -0.125. The number of furan rings is 1.